The summed E-state index contributed by atoms with van der Waals surface area (Å²) < 4.78 is 16.1. The Hall–Kier alpha value is -2.71. The van der Waals surface area contributed by atoms with Crippen molar-refractivity contribution in [3.05, 3.63) is 47.0 Å². The van der Waals surface area contributed by atoms with Crippen molar-refractivity contribution in [2.75, 3.05) is 25.3 Å². The van der Waals surface area contributed by atoms with Gasteiger partial charge in [-0.1, -0.05) is 29.4 Å². The molecule has 1 N–H and O–H groups in total. The molecule has 1 aromatic heterocycles. The second-order valence-electron chi connectivity index (χ2n) is 5.74. The van der Waals surface area contributed by atoms with Crippen LogP contribution in [-0.2, 0) is 4.79 Å². The number of anilines is 1. The van der Waals surface area contributed by atoms with Crippen molar-refractivity contribution < 1.29 is 18.7 Å². The van der Waals surface area contributed by atoms with Crippen LogP contribution in [0.3, 0.4) is 0 Å². The standard InChI is InChI=1S/C19H18ClN3O4S/c1-11-7-15(16(26-3)9-14(11)20)21-17(24)10-28-19-23-22-18(27-19)12-5-4-6-13(8-12)25-2/h4-9H,10H2,1-3H3,(H,21,24). The molecule has 0 aliphatic heterocycles. The molecule has 0 aliphatic rings. The molecular formula is C19H18ClN3O4S. The molecule has 0 unspecified atom stereocenters. The molecule has 3 aromatic rings. The molecule has 0 bridgehead atoms. The molecule has 9 heteroatoms. The zero-order valence-electron chi connectivity index (χ0n) is 15.5. The number of hydrogen-bond acceptors (Lipinski definition) is 7. The number of ether oxygens (including phenoxy) is 2. The number of benzene rings is 2. The highest BCUT2D eigenvalue weighted by Gasteiger charge is 2.14. The number of aryl methyl sites for hydroxylation is 1. The summed E-state index contributed by atoms with van der Waals surface area (Å²) in [4.78, 5) is 12.3. The van der Waals surface area contributed by atoms with Gasteiger partial charge in [0, 0.05) is 16.7 Å². The van der Waals surface area contributed by atoms with Crippen molar-refractivity contribution in [3.8, 4) is 23.0 Å². The average Bonchev–Trinajstić information content (AvgIpc) is 3.18. The number of aromatic nitrogens is 2. The predicted octanol–water partition coefficient (Wildman–Crippen LogP) is 4.45. The fourth-order valence-corrected chi connectivity index (χ4v) is 3.10. The maximum absolute atomic E-state index is 12.3. The van der Waals surface area contributed by atoms with Gasteiger partial charge in [-0.2, -0.15) is 0 Å². The Morgan fingerprint density at radius 2 is 2.04 bits per heavy atom. The zero-order chi connectivity index (χ0) is 20.1. The van der Waals surface area contributed by atoms with E-state index < -0.39 is 0 Å². The maximum atomic E-state index is 12.3. The molecule has 2 aromatic carbocycles. The molecule has 0 saturated heterocycles. The number of amides is 1. The van der Waals surface area contributed by atoms with Crippen LogP contribution in [0.25, 0.3) is 11.5 Å². The molecule has 0 atom stereocenters. The van der Waals surface area contributed by atoms with Gasteiger partial charge < -0.3 is 19.2 Å². The smallest absolute Gasteiger partial charge is 0.277 e. The van der Waals surface area contributed by atoms with E-state index in [1.54, 1.807) is 25.3 Å². The van der Waals surface area contributed by atoms with Crippen LogP contribution in [0.5, 0.6) is 11.5 Å². The van der Waals surface area contributed by atoms with Crippen LogP contribution in [0, 0.1) is 6.92 Å². The van der Waals surface area contributed by atoms with Gasteiger partial charge in [-0.3, -0.25) is 4.79 Å². The van der Waals surface area contributed by atoms with E-state index in [0.717, 1.165) is 22.9 Å². The van der Waals surface area contributed by atoms with Crippen LogP contribution >= 0.6 is 23.4 Å². The van der Waals surface area contributed by atoms with E-state index in [0.29, 0.717) is 33.3 Å². The minimum absolute atomic E-state index is 0.102. The lowest BCUT2D eigenvalue weighted by atomic mass is 10.2. The predicted molar refractivity (Wildman–Crippen MR) is 108 cm³/mol. The quantitative estimate of drug-likeness (QED) is 0.566. The lowest BCUT2D eigenvalue weighted by molar-refractivity contribution is -0.113. The Bertz CT molecular complexity index is 993. The number of hydrogen-bond donors (Lipinski definition) is 1. The lowest BCUT2D eigenvalue weighted by Crippen LogP contribution is -2.15. The van der Waals surface area contributed by atoms with Gasteiger partial charge in [0.2, 0.25) is 11.8 Å². The van der Waals surface area contributed by atoms with Crippen LogP contribution < -0.4 is 14.8 Å². The Morgan fingerprint density at radius 3 is 2.79 bits per heavy atom. The first-order valence-corrected chi connectivity index (χ1v) is 9.61. The third-order valence-corrected chi connectivity index (χ3v) is 5.03. The van der Waals surface area contributed by atoms with Crippen LogP contribution in [0.1, 0.15) is 5.56 Å². The van der Waals surface area contributed by atoms with Crippen molar-refractivity contribution in [1.29, 1.82) is 0 Å². The minimum Gasteiger partial charge on any atom is -0.497 e. The molecule has 3 rings (SSSR count). The highest BCUT2D eigenvalue weighted by atomic mass is 35.5. The normalized spacial score (nSPS) is 10.6. The Balaban J connectivity index is 1.63. The van der Waals surface area contributed by atoms with Crippen LogP contribution in [-0.4, -0.2) is 36.1 Å². The molecule has 1 amide bonds. The van der Waals surface area contributed by atoms with Gasteiger partial charge in [0.05, 0.1) is 25.7 Å². The fraction of sp³-hybridized carbons (Fsp3) is 0.211. The van der Waals surface area contributed by atoms with E-state index >= 15 is 0 Å². The van der Waals surface area contributed by atoms with Crippen LogP contribution in [0.2, 0.25) is 5.02 Å². The van der Waals surface area contributed by atoms with Crippen LogP contribution in [0.15, 0.2) is 46.0 Å². The van der Waals surface area contributed by atoms with Crippen molar-refractivity contribution in [1.82, 2.24) is 10.2 Å². The van der Waals surface area contributed by atoms with Gasteiger partial charge in [0.1, 0.15) is 11.5 Å². The van der Waals surface area contributed by atoms with Crippen molar-refractivity contribution in [3.63, 3.8) is 0 Å². The molecule has 0 spiro atoms. The van der Waals surface area contributed by atoms with Gasteiger partial charge >= 0.3 is 0 Å². The van der Waals surface area contributed by atoms with Gasteiger partial charge in [-0.15, -0.1) is 10.2 Å². The summed E-state index contributed by atoms with van der Waals surface area (Å²) in [5.41, 5.74) is 2.13. The summed E-state index contributed by atoms with van der Waals surface area (Å²) in [6.45, 7) is 1.85. The largest absolute Gasteiger partial charge is 0.497 e. The van der Waals surface area contributed by atoms with Crippen molar-refractivity contribution in [2.24, 2.45) is 0 Å². The van der Waals surface area contributed by atoms with E-state index in [9.17, 15) is 4.79 Å². The summed E-state index contributed by atoms with van der Waals surface area (Å²) in [6, 6.07) is 10.7. The summed E-state index contributed by atoms with van der Waals surface area (Å²) in [7, 11) is 3.11. The second-order valence-corrected chi connectivity index (χ2v) is 7.08. The summed E-state index contributed by atoms with van der Waals surface area (Å²) in [5, 5.41) is 11.7. The van der Waals surface area contributed by atoms with Gasteiger partial charge in [0.15, 0.2) is 0 Å². The zero-order valence-corrected chi connectivity index (χ0v) is 17.1. The number of nitrogens with one attached hydrogen (secondary N) is 1. The van der Waals surface area contributed by atoms with E-state index in [1.807, 2.05) is 25.1 Å². The third kappa shape index (κ3) is 4.76. The molecule has 0 saturated carbocycles. The molecule has 146 valence electrons. The molecule has 1 heterocycles. The van der Waals surface area contributed by atoms with Crippen LogP contribution in [0.4, 0.5) is 5.69 Å². The van der Waals surface area contributed by atoms with Gasteiger partial charge in [-0.05, 0) is 36.8 Å². The third-order valence-electron chi connectivity index (χ3n) is 3.80. The van der Waals surface area contributed by atoms with Crippen molar-refractivity contribution >= 4 is 35.0 Å². The highest BCUT2D eigenvalue weighted by molar-refractivity contribution is 7.99. The Kier molecular flexibility index (Phi) is 6.43. The molecule has 28 heavy (non-hydrogen) atoms. The molecule has 0 fully saturated rings. The van der Waals surface area contributed by atoms with E-state index in [1.165, 1.54) is 7.11 Å². The number of rotatable bonds is 7. The average molecular weight is 420 g/mol. The number of carbonyl (C=O) groups is 1. The first-order chi connectivity index (χ1) is 13.5. The number of methoxy groups -OCH3 is 2. The van der Waals surface area contributed by atoms with E-state index in [2.05, 4.69) is 15.5 Å². The molecular weight excluding hydrogens is 402 g/mol. The first-order valence-electron chi connectivity index (χ1n) is 8.25. The summed E-state index contributed by atoms with van der Waals surface area (Å²) in [6.07, 6.45) is 0. The lowest BCUT2D eigenvalue weighted by Gasteiger charge is -2.11. The minimum atomic E-state index is -0.230. The Labute approximate surface area is 171 Å². The summed E-state index contributed by atoms with van der Waals surface area (Å²) >= 11 is 7.23. The van der Waals surface area contributed by atoms with Gasteiger partial charge in [0.25, 0.3) is 5.22 Å². The number of thioether (sulfide) groups is 1. The maximum Gasteiger partial charge on any atom is 0.277 e. The second kappa shape index (κ2) is 8.99. The molecule has 0 radical (unpaired) electrons. The molecule has 0 aliphatic carbocycles. The topological polar surface area (TPSA) is 86.5 Å². The first kappa shape index (κ1) is 20.0. The monoisotopic (exact) mass is 419 g/mol. The van der Waals surface area contributed by atoms with E-state index in [-0.39, 0.29) is 11.7 Å². The Morgan fingerprint density at radius 1 is 1.21 bits per heavy atom. The summed E-state index contributed by atoms with van der Waals surface area (Å²) in [5.74, 6) is 1.41. The fourth-order valence-electron chi connectivity index (χ4n) is 2.38. The number of carbonyl (C=O) groups excluding carboxylic acids is 1. The van der Waals surface area contributed by atoms with Crippen molar-refractivity contribution in [2.45, 2.75) is 12.1 Å². The number of nitrogens with zero attached hydrogens (tertiary/aromatic N) is 2. The van der Waals surface area contributed by atoms with E-state index in [4.69, 9.17) is 25.5 Å². The molecule has 7 nitrogen and oxygen atoms in total. The van der Waals surface area contributed by atoms with Gasteiger partial charge in [-0.25, -0.2) is 0 Å². The SMILES string of the molecule is COc1cccc(-c2nnc(SCC(=O)Nc3cc(C)c(Cl)cc3OC)o2)c1. The highest BCUT2D eigenvalue weighted by Crippen LogP contribution is 2.31. The number of halogens is 1.